The molecule has 4 fully saturated rings. The third-order valence-corrected chi connectivity index (χ3v) is 25.7. The van der Waals surface area contributed by atoms with Gasteiger partial charge in [0.15, 0.2) is 0 Å². The Kier molecular flexibility index (Phi) is 37.9. The smallest absolute Gasteiger partial charge is 0.323 e. The Bertz CT molecular complexity index is 5400. The van der Waals surface area contributed by atoms with Gasteiger partial charge in [0, 0.05) is 124 Å². The van der Waals surface area contributed by atoms with Crippen LogP contribution in [0, 0.1) is 0 Å². The monoisotopic (exact) mass is 1920 g/mol. The van der Waals surface area contributed by atoms with E-state index < -0.39 is 286 Å². The number of aromatic hydroxyl groups is 1. The number of thioether (sulfide) groups is 1. The van der Waals surface area contributed by atoms with Crippen LogP contribution >= 0.6 is 11.8 Å². The number of aliphatic hydroxyl groups excluding tert-OH is 2. The van der Waals surface area contributed by atoms with Crippen molar-refractivity contribution in [2.24, 2.45) is 11.5 Å². The van der Waals surface area contributed by atoms with E-state index in [2.05, 4.69) is 68.1 Å². The summed E-state index contributed by atoms with van der Waals surface area (Å²) in [6.07, 6.45) is 1.90. The van der Waals surface area contributed by atoms with E-state index in [4.69, 9.17) is 11.5 Å². The number of carbonyl (C=O) groups is 19. The number of aromatic nitrogens is 4. The molecule has 21 N–H and O–H groups in total. The first-order chi connectivity index (χ1) is 65.4. The summed E-state index contributed by atoms with van der Waals surface area (Å²) < 4.78 is 1.39. The number of likely N-dealkylation sites (N-methyl/N-ethyl adjacent to an activating group) is 2. The van der Waals surface area contributed by atoms with Crippen molar-refractivity contribution in [3.05, 3.63) is 120 Å². The van der Waals surface area contributed by atoms with Gasteiger partial charge in [0.25, 0.3) is 0 Å². The number of nitrogens with zero attached hydrogens (tertiary/aromatic N) is 7. The van der Waals surface area contributed by atoms with Crippen molar-refractivity contribution in [3.8, 4) is 5.75 Å². The lowest BCUT2D eigenvalue weighted by Gasteiger charge is -2.38. The predicted octanol–water partition coefficient (Wildman–Crippen LogP) is -3.26. The van der Waals surface area contributed by atoms with Crippen LogP contribution < -0.4 is 64.6 Å². The number of fused-ring (bicyclic) bond motifs is 5. The molecule has 17 amide bonds. The second kappa shape index (κ2) is 49.4. The molecule has 4 saturated heterocycles. The number of para-hydroxylation sites is 2. The first kappa shape index (κ1) is 105. The quantitative estimate of drug-likeness (QED) is 0.0267. The summed E-state index contributed by atoms with van der Waals surface area (Å²) in [5.41, 5.74) is 13.4. The third kappa shape index (κ3) is 28.3. The zero-order valence-corrected chi connectivity index (χ0v) is 77.5. The van der Waals surface area contributed by atoms with Crippen LogP contribution in [0.4, 0.5) is 0 Å². The summed E-state index contributed by atoms with van der Waals surface area (Å²) in [5, 5.41) is 80.1. The number of nitrogens with two attached hydrogens (primary N) is 2. The van der Waals surface area contributed by atoms with Gasteiger partial charge in [-0.3, -0.25) is 91.1 Å². The first-order valence-corrected chi connectivity index (χ1v) is 46.7. The Labute approximate surface area is 791 Å². The Hall–Kier alpha value is -14.1. The molecule has 3 aromatic heterocycles. The highest BCUT2D eigenvalue weighted by Gasteiger charge is 2.47. The summed E-state index contributed by atoms with van der Waals surface area (Å²) in [6, 6.07) is -4.01. The van der Waals surface area contributed by atoms with Crippen LogP contribution in [0.3, 0.4) is 0 Å². The molecular formula is C91H121N21O24S. The van der Waals surface area contributed by atoms with Gasteiger partial charge in [0.05, 0.1) is 37.8 Å². The lowest BCUT2D eigenvalue weighted by atomic mass is 9.97. The molecule has 740 valence electrons. The number of rotatable bonds is 25. The number of carboxylic acids is 2. The Morgan fingerprint density at radius 2 is 1.11 bits per heavy atom. The molecule has 0 aliphatic carbocycles. The van der Waals surface area contributed by atoms with Gasteiger partial charge in [-0.2, -0.15) is 0 Å². The van der Waals surface area contributed by atoms with Crippen LogP contribution in [0.1, 0.15) is 139 Å². The number of imidazole rings is 1. The zero-order valence-electron chi connectivity index (χ0n) is 76.7. The van der Waals surface area contributed by atoms with Gasteiger partial charge in [-0.15, -0.1) is 11.8 Å². The van der Waals surface area contributed by atoms with Crippen molar-refractivity contribution in [1.29, 1.82) is 0 Å². The molecule has 0 bridgehead atoms. The number of piperidine rings is 1. The molecule has 4 aliphatic rings. The fraction of sp³-hybridized carbons (Fsp3) is 0.516. The third-order valence-electron chi connectivity index (χ3n) is 24.7. The maximum Gasteiger partial charge on any atom is 0.323 e. The standard InChI is InChI=1S/C91H121N21O24S/c1-6-8-20-68-83(128)98-49(3)78(123)106-66(79(124)96-41-74(93)117)46-137-47-75(118)99-62(33-50-25-27-54(114)28-26-50)89(134)110-31-15-14-23-69(110)85(130)104-64(38-76(119)120)90(135)111-32-16-24-70(111)84(129)102-61(36-53-40-94-48-97-53)81(126)100-59(29-30-73(92)116)88(133)112-43-55(115)37-72(112)86(131)101-60(34-51-39-95-58-19-12-10-17-56(51)58)80(125)105-65(45-113)82(127)103-63(87(132)108(5)71(21-9-7-2)91(136)107(68)4)35-52-42-109(44-77(121)122)67-22-13-11-18-57(52)67/h10-13,17-19,22,25-28,39-40,42,48-49,55,59-66,68-72,95,113-115H,6-9,14-16,20-21,23-24,29-38,41,43-47H2,1-5H3,(H2,92,116)(H2,93,117)(H,94,97)(H,96,124)(H,98,128)(H,99,118)(H,100,126)(H,101,131)(H,102,129)(H,103,127)(H,104,130)(H,105,125)(H,106,123)(H,119,120)(H,121,122)/t49-,55+,59-,60-,61-,62+,63-,64-,65-,66-,68-,69-,70-,71-,72-/m0/s1. The Balaban J connectivity index is 1.02. The van der Waals surface area contributed by atoms with Crippen molar-refractivity contribution in [2.45, 2.75) is 240 Å². The second-order valence-corrected chi connectivity index (χ2v) is 35.7. The van der Waals surface area contributed by atoms with Gasteiger partial charge in [0.1, 0.15) is 96.9 Å². The molecule has 45 nitrogen and oxygen atoms in total. The summed E-state index contributed by atoms with van der Waals surface area (Å²) >= 11 is 0.765. The van der Waals surface area contributed by atoms with Crippen LogP contribution in [0.25, 0.3) is 21.8 Å². The molecular weight excluding hydrogens is 1800 g/mol. The minimum Gasteiger partial charge on any atom is -0.508 e. The number of aliphatic carboxylic acids is 2. The lowest BCUT2D eigenvalue weighted by Crippen LogP contribution is -2.62. The number of carbonyl (C=O) groups excluding carboxylic acids is 17. The van der Waals surface area contributed by atoms with Crippen molar-refractivity contribution < 1.29 is 117 Å². The van der Waals surface area contributed by atoms with Crippen LogP contribution in [-0.2, 0) is 123 Å². The predicted molar refractivity (Wildman–Crippen MR) is 492 cm³/mol. The number of hydrogen-bond acceptors (Lipinski definition) is 24. The minimum absolute atomic E-state index is 0.0274. The summed E-state index contributed by atoms with van der Waals surface area (Å²) in [6.45, 7) is 1.51. The van der Waals surface area contributed by atoms with E-state index in [1.807, 2.05) is 13.8 Å². The Morgan fingerprint density at radius 1 is 0.540 bits per heavy atom. The van der Waals surface area contributed by atoms with E-state index in [0.29, 0.717) is 70.6 Å². The van der Waals surface area contributed by atoms with E-state index in [1.54, 1.807) is 54.7 Å². The van der Waals surface area contributed by atoms with E-state index >= 15 is 38.4 Å². The molecule has 6 aromatic rings. The number of aromatic amines is 2. The maximum atomic E-state index is 15.8. The fourth-order valence-electron chi connectivity index (χ4n) is 17.4. The largest absolute Gasteiger partial charge is 0.508 e. The van der Waals surface area contributed by atoms with E-state index in [0.717, 1.165) is 36.3 Å². The summed E-state index contributed by atoms with van der Waals surface area (Å²) in [4.78, 5) is 290. The highest BCUT2D eigenvalue weighted by Crippen LogP contribution is 2.30. The van der Waals surface area contributed by atoms with Gasteiger partial charge in [-0.05, 0) is 99.2 Å². The zero-order chi connectivity index (χ0) is 99.6. The average Bonchev–Trinajstić information content (AvgIpc) is 1.57. The highest BCUT2D eigenvalue weighted by molar-refractivity contribution is 8.00. The summed E-state index contributed by atoms with van der Waals surface area (Å²) in [5.74, 6) is -20.9. The molecule has 3 aromatic carbocycles. The number of hydrogen-bond donors (Lipinski definition) is 19. The fourth-order valence-corrected chi connectivity index (χ4v) is 18.3. The summed E-state index contributed by atoms with van der Waals surface area (Å²) in [7, 11) is 2.59. The number of carboxylic acid groups (broad SMARTS) is 2. The molecule has 46 heteroatoms. The van der Waals surface area contributed by atoms with Crippen LogP contribution in [0.15, 0.2) is 97.7 Å². The molecule has 15 atom stereocenters. The van der Waals surface area contributed by atoms with Gasteiger partial charge in [-0.25, -0.2) is 4.98 Å². The molecule has 0 unspecified atom stereocenters. The van der Waals surface area contributed by atoms with E-state index in [1.165, 1.54) is 68.6 Å². The molecule has 0 spiro atoms. The SMILES string of the molecule is CCCC[C@H]1C(=O)N(C)[C@@H](CCCC)C(=O)N[C@@H](C)C(=O)N[C@H](C(=O)NCC(N)=O)CSCC(=O)N[C@H](Cc2ccc(O)cc2)C(=O)N2CCCC[C@H]2C(=O)N[C@@H](CC(=O)O)C(=O)N2CCC[C@H]2C(=O)N[C@@H](Cc2cnc[nH]2)C(=O)N[C@@H](CCC(N)=O)C(=O)N2C[C@H](O)C[C@H]2C(=O)N[C@@H](Cc2c[nH]c3ccccc23)C(=O)N[C@@H](CO)C(=O)N[C@@H](Cc2cn(CC(=O)O)c3ccccc23)C(=O)N1C. The van der Waals surface area contributed by atoms with Gasteiger partial charge in [-0.1, -0.05) is 88.1 Å². The molecule has 4 aliphatic heterocycles. The number of H-pyrrole nitrogens is 2. The first-order valence-electron chi connectivity index (χ1n) is 45.6. The lowest BCUT2D eigenvalue weighted by molar-refractivity contribution is -0.149. The van der Waals surface area contributed by atoms with Crippen molar-refractivity contribution >= 4 is 146 Å². The van der Waals surface area contributed by atoms with Gasteiger partial charge >= 0.3 is 11.9 Å². The molecule has 7 heterocycles. The number of benzene rings is 3. The van der Waals surface area contributed by atoms with Crippen molar-refractivity contribution in [1.82, 2.24) is 97.2 Å². The Morgan fingerprint density at radius 3 is 1.75 bits per heavy atom. The number of primary amides is 2. The highest BCUT2D eigenvalue weighted by atomic mass is 32.2. The minimum atomic E-state index is -2.00. The number of nitrogens with one attached hydrogen (secondary N) is 12. The molecule has 0 radical (unpaired) electrons. The normalized spacial score (nSPS) is 25.0. The topological polar surface area (TPSA) is 663 Å². The number of amides is 17. The molecule has 0 saturated carbocycles. The van der Waals surface area contributed by atoms with Gasteiger partial charge in [0.2, 0.25) is 100 Å². The van der Waals surface area contributed by atoms with E-state index in [-0.39, 0.29) is 69.5 Å². The van der Waals surface area contributed by atoms with Crippen LogP contribution in [0.5, 0.6) is 5.75 Å². The van der Waals surface area contributed by atoms with E-state index in [9.17, 15) is 78.3 Å². The van der Waals surface area contributed by atoms with Crippen LogP contribution in [-0.4, -0.2) is 331 Å². The molecule has 137 heavy (non-hydrogen) atoms. The van der Waals surface area contributed by atoms with Gasteiger partial charge < -0.3 is 129 Å². The number of phenols is 1. The average molecular weight is 1930 g/mol. The van der Waals surface area contributed by atoms with Crippen LogP contribution in [0.2, 0.25) is 0 Å². The van der Waals surface area contributed by atoms with Crippen molar-refractivity contribution in [2.75, 3.05) is 58.4 Å². The second-order valence-electron chi connectivity index (χ2n) is 34.7. The van der Waals surface area contributed by atoms with Crippen molar-refractivity contribution in [3.63, 3.8) is 0 Å². The molecule has 10 rings (SSSR count). The number of aliphatic hydroxyl groups is 2. The number of phenolic OH excluding ortho intramolecular Hbond substituents is 1. The number of unbranched alkanes of at least 4 members (excludes halogenated alkanes) is 2. The maximum absolute atomic E-state index is 15.8.